The summed E-state index contributed by atoms with van der Waals surface area (Å²) in [7, 11) is 0. The normalized spacial score (nSPS) is 14.0. The Balaban J connectivity index is 1.64. The maximum Gasteiger partial charge on any atom is 0.252 e. The van der Waals surface area contributed by atoms with Crippen LogP contribution in [0.3, 0.4) is 0 Å². The minimum atomic E-state index is -0.0490. The molecule has 1 fully saturated rings. The van der Waals surface area contributed by atoms with Gasteiger partial charge in [-0.3, -0.25) is 9.59 Å². The molecule has 0 saturated heterocycles. The summed E-state index contributed by atoms with van der Waals surface area (Å²) in [6, 6.07) is 1.81. The fraction of sp³-hybridized carbons (Fsp3) is 0.625. The predicted molar refractivity (Wildman–Crippen MR) is 85.5 cm³/mol. The van der Waals surface area contributed by atoms with Gasteiger partial charge < -0.3 is 10.2 Å². The topological polar surface area (TPSA) is 49.4 Å². The zero-order valence-corrected chi connectivity index (χ0v) is 13.5. The number of hydrogen-bond acceptors (Lipinski definition) is 3. The van der Waals surface area contributed by atoms with Crippen molar-refractivity contribution in [2.75, 3.05) is 19.6 Å². The van der Waals surface area contributed by atoms with E-state index in [9.17, 15) is 9.59 Å². The van der Waals surface area contributed by atoms with Gasteiger partial charge in [0.05, 0.1) is 0 Å². The zero-order valence-electron chi connectivity index (χ0n) is 12.6. The molecular formula is C16H24N2O2S. The van der Waals surface area contributed by atoms with E-state index in [0.29, 0.717) is 24.9 Å². The van der Waals surface area contributed by atoms with E-state index >= 15 is 0 Å². The van der Waals surface area contributed by atoms with Crippen LogP contribution in [0.2, 0.25) is 0 Å². The van der Waals surface area contributed by atoms with Crippen LogP contribution in [0, 0.1) is 5.92 Å². The van der Waals surface area contributed by atoms with E-state index in [4.69, 9.17) is 0 Å². The number of nitrogens with zero attached hydrogens (tertiary/aromatic N) is 1. The Kier molecular flexibility index (Phi) is 6.23. The van der Waals surface area contributed by atoms with Crippen molar-refractivity contribution in [3.8, 4) is 0 Å². The molecule has 1 N–H and O–H groups in total. The molecule has 1 aromatic rings. The Bertz CT molecular complexity index is 455. The Hall–Kier alpha value is -1.36. The van der Waals surface area contributed by atoms with Crippen molar-refractivity contribution in [1.29, 1.82) is 0 Å². The second-order valence-corrected chi connectivity index (χ2v) is 6.43. The van der Waals surface area contributed by atoms with Crippen molar-refractivity contribution in [1.82, 2.24) is 10.2 Å². The SMILES string of the molecule is CCCN(CC1CC1)C(=O)CCCNC(=O)c1ccsc1. The Morgan fingerprint density at radius 2 is 2.24 bits per heavy atom. The maximum absolute atomic E-state index is 12.2. The summed E-state index contributed by atoms with van der Waals surface area (Å²) >= 11 is 1.51. The minimum Gasteiger partial charge on any atom is -0.352 e. The Morgan fingerprint density at radius 1 is 1.43 bits per heavy atom. The first-order valence-electron chi connectivity index (χ1n) is 7.79. The molecule has 0 unspecified atom stereocenters. The standard InChI is InChI=1S/C16H24N2O2S/c1-2-9-18(11-13-5-6-13)15(19)4-3-8-17-16(20)14-7-10-21-12-14/h7,10,12-13H,2-6,8-9,11H2,1H3,(H,17,20). The number of hydrogen-bond donors (Lipinski definition) is 1. The van der Waals surface area contributed by atoms with Gasteiger partial charge in [-0.2, -0.15) is 11.3 Å². The highest BCUT2D eigenvalue weighted by Gasteiger charge is 2.26. The molecule has 1 aliphatic carbocycles. The quantitative estimate of drug-likeness (QED) is 0.713. The highest BCUT2D eigenvalue weighted by molar-refractivity contribution is 7.08. The number of thiophene rings is 1. The molecule has 0 radical (unpaired) electrons. The monoisotopic (exact) mass is 308 g/mol. The summed E-state index contributed by atoms with van der Waals surface area (Å²) in [6.07, 6.45) is 4.78. The molecule has 0 spiro atoms. The van der Waals surface area contributed by atoms with Crippen molar-refractivity contribution in [3.63, 3.8) is 0 Å². The average molecular weight is 308 g/mol. The van der Waals surface area contributed by atoms with Crippen LogP contribution in [0.15, 0.2) is 16.8 Å². The van der Waals surface area contributed by atoms with Gasteiger partial charge in [-0.1, -0.05) is 6.92 Å². The third-order valence-electron chi connectivity index (χ3n) is 3.66. The molecule has 1 aliphatic rings. The molecule has 4 nitrogen and oxygen atoms in total. The first kappa shape index (κ1) is 16.0. The average Bonchev–Trinajstić information content (AvgIpc) is 3.12. The van der Waals surface area contributed by atoms with Crippen LogP contribution in [0.4, 0.5) is 0 Å². The fourth-order valence-electron chi connectivity index (χ4n) is 2.30. The van der Waals surface area contributed by atoms with Crippen molar-refractivity contribution < 1.29 is 9.59 Å². The first-order chi connectivity index (χ1) is 10.2. The first-order valence-corrected chi connectivity index (χ1v) is 8.73. The van der Waals surface area contributed by atoms with Crippen molar-refractivity contribution >= 4 is 23.2 Å². The molecule has 0 aliphatic heterocycles. The van der Waals surface area contributed by atoms with Crippen LogP contribution in [-0.4, -0.2) is 36.3 Å². The summed E-state index contributed by atoms with van der Waals surface area (Å²) in [6.45, 7) is 4.45. The van der Waals surface area contributed by atoms with Gasteiger partial charge in [-0.25, -0.2) is 0 Å². The molecule has 0 bridgehead atoms. The number of amides is 2. The van der Waals surface area contributed by atoms with E-state index in [1.807, 2.05) is 21.7 Å². The second kappa shape index (κ2) is 8.17. The van der Waals surface area contributed by atoms with Crippen molar-refractivity contribution in [2.24, 2.45) is 5.92 Å². The van der Waals surface area contributed by atoms with E-state index in [0.717, 1.165) is 25.4 Å². The van der Waals surface area contributed by atoms with Gasteiger partial charge in [0, 0.05) is 37.0 Å². The Morgan fingerprint density at radius 3 is 2.86 bits per heavy atom. The van der Waals surface area contributed by atoms with Crippen molar-refractivity contribution in [3.05, 3.63) is 22.4 Å². The molecule has 0 aromatic carbocycles. The van der Waals surface area contributed by atoms with Gasteiger partial charge in [0.25, 0.3) is 5.91 Å². The van der Waals surface area contributed by atoms with Gasteiger partial charge >= 0.3 is 0 Å². The van der Waals surface area contributed by atoms with Crippen LogP contribution in [0.1, 0.15) is 49.4 Å². The lowest BCUT2D eigenvalue weighted by Crippen LogP contribution is -2.34. The van der Waals surface area contributed by atoms with E-state index in [1.54, 1.807) is 0 Å². The van der Waals surface area contributed by atoms with E-state index < -0.39 is 0 Å². The van der Waals surface area contributed by atoms with Crippen LogP contribution in [-0.2, 0) is 4.79 Å². The highest BCUT2D eigenvalue weighted by atomic mass is 32.1. The maximum atomic E-state index is 12.2. The smallest absolute Gasteiger partial charge is 0.252 e. The second-order valence-electron chi connectivity index (χ2n) is 5.65. The molecule has 1 aromatic heterocycles. The third kappa shape index (κ3) is 5.50. The summed E-state index contributed by atoms with van der Waals surface area (Å²) < 4.78 is 0. The molecule has 0 atom stereocenters. The molecule has 2 amide bonds. The van der Waals surface area contributed by atoms with Gasteiger partial charge in [0.2, 0.25) is 5.91 Å². The van der Waals surface area contributed by atoms with Crippen molar-refractivity contribution in [2.45, 2.75) is 39.0 Å². The lowest BCUT2D eigenvalue weighted by molar-refractivity contribution is -0.131. The molecule has 1 saturated carbocycles. The molecule has 1 heterocycles. The van der Waals surface area contributed by atoms with E-state index in [-0.39, 0.29) is 11.8 Å². The third-order valence-corrected chi connectivity index (χ3v) is 4.34. The van der Waals surface area contributed by atoms with E-state index in [2.05, 4.69) is 12.2 Å². The van der Waals surface area contributed by atoms with Crippen LogP contribution < -0.4 is 5.32 Å². The van der Waals surface area contributed by atoms with Gasteiger partial charge in [0.1, 0.15) is 0 Å². The summed E-state index contributed by atoms with van der Waals surface area (Å²) in [4.78, 5) is 25.9. The summed E-state index contributed by atoms with van der Waals surface area (Å²) in [5.74, 6) is 0.916. The molecular weight excluding hydrogens is 284 g/mol. The number of nitrogens with one attached hydrogen (secondary N) is 1. The highest BCUT2D eigenvalue weighted by Crippen LogP contribution is 2.29. The predicted octanol–water partition coefficient (Wildman–Crippen LogP) is 2.91. The van der Waals surface area contributed by atoms with Crippen LogP contribution in [0.25, 0.3) is 0 Å². The summed E-state index contributed by atoms with van der Waals surface area (Å²) in [5, 5.41) is 6.58. The Labute approximate surface area is 130 Å². The molecule has 5 heteroatoms. The fourth-order valence-corrected chi connectivity index (χ4v) is 2.93. The van der Waals surface area contributed by atoms with Crippen LogP contribution in [0.5, 0.6) is 0 Å². The zero-order chi connectivity index (χ0) is 15.1. The minimum absolute atomic E-state index is 0.0490. The number of rotatable bonds is 9. The van der Waals surface area contributed by atoms with Gasteiger partial charge in [0.15, 0.2) is 0 Å². The molecule has 21 heavy (non-hydrogen) atoms. The van der Waals surface area contributed by atoms with Gasteiger partial charge in [-0.05, 0) is 43.0 Å². The van der Waals surface area contributed by atoms with E-state index in [1.165, 1.54) is 24.2 Å². The lowest BCUT2D eigenvalue weighted by Gasteiger charge is -2.22. The number of carbonyl (C=O) groups is 2. The number of carbonyl (C=O) groups excluding carboxylic acids is 2. The molecule has 2 rings (SSSR count). The largest absolute Gasteiger partial charge is 0.352 e. The van der Waals surface area contributed by atoms with Gasteiger partial charge in [-0.15, -0.1) is 0 Å². The van der Waals surface area contributed by atoms with Crippen LogP contribution >= 0.6 is 11.3 Å². The lowest BCUT2D eigenvalue weighted by atomic mass is 10.2. The summed E-state index contributed by atoms with van der Waals surface area (Å²) in [5.41, 5.74) is 0.702. The molecule has 116 valence electrons.